The van der Waals surface area contributed by atoms with Crippen LogP contribution in [0.25, 0.3) is 0 Å². The van der Waals surface area contributed by atoms with Gasteiger partial charge in [0, 0.05) is 5.57 Å². The number of carboxylic acid groups (broad SMARTS) is 1. The molecule has 0 spiro atoms. The molecule has 6 heteroatoms. The summed E-state index contributed by atoms with van der Waals surface area (Å²) in [6, 6.07) is 0. The van der Waals surface area contributed by atoms with Gasteiger partial charge in [0.15, 0.2) is 0 Å². The van der Waals surface area contributed by atoms with Crippen molar-refractivity contribution in [1.82, 2.24) is 0 Å². The zero-order valence-electron chi connectivity index (χ0n) is 16.2. The van der Waals surface area contributed by atoms with Crippen molar-refractivity contribution in [2.45, 2.75) is 59.3 Å². The highest BCUT2D eigenvalue weighted by atomic mass is 16.5. The second kappa shape index (κ2) is 5.57. The van der Waals surface area contributed by atoms with E-state index in [9.17, 15) is 19.5 Å². The first-order chi connectivity index (χ1) is 12.0. The number of carbonyl (C=O) groups is 3. The molecule has 0 saturated heterocycles. The summed E-state index contributed by atoms with van der Waals surface area (Å²) in [6.45, 7) is 5.56. The Morgan fingerprint density at radius 3 is 1.54 bits per heavy atom. The van der Waals surface area contributed by atoms with Crippen LogP contribution in [0.3, 0.4) is 0 Å². The minimum Gasteiger partial charge on any atom is -0.478 e. The monoisotopic (exact) mass is 364 g/mol. The summed E-state index contributed by atoms with van der Waals surface area (Å²) in [5.41, 5.74) is -1.16. The van der Waals surface area contributed by atoms with Crippen LogP contribution in [0.2, 0.25) is 0 Å². The van der Waals surface area contributed by atoms with E-state index in [0.717, 1.165) is 12.0 Å². The van der Waals surface area contributed by atoms with E-state index in [1.807, 2.05) is 6.92 Å². The number of esters is 2. The molecule has 0 aromatic heterocycles. The van der Waals surface area contributed by atoms with Gasteiger partial charge in [0.05, 0.1) is 25.0 Å². The summed E-state index contributed by atoms with van der Waals surface area (Å²) < 4.78 is 10.3. The Balaban J connectivity index is 2.22. The van der Waals surface area contributed by atoms with Crippen LogP contribution in [0.4, 0.5) is 0 Å². The number of hydrogen-bond donors (Lipinski definition) is 1. The first kappa shape index (κ1) is 18.9. The predicted octanol–water partition coefficient (Wildman–Crippen LogP) is 3.10. The number of hydrogen-bond acceptors (Lipinski definition) is 5. The number of ether oxygens (including phenoxy) is 2. The average Bonchev–Trinajstić information content (AvgIpc) is 2.56. The molecule has 4 rings (SSSR count). The maximum atomic E-state index is 12.8. The van der Waals surface area contributed by atoms with E-state index < -0.39 is 22.2 Å². The predicted molar refractivity (Wildman–Crippen MR) is 93.1 cm³/mol. The Bertz CT molecular complexity index is 686. The lowest BCUT2D eigenvalue weighted by molar-refractivity contribution is -0.215. The summed E-state index contributed by atoms with van der Waals surface area (Å²) in [5, 5.41) is 9.52. The fraction of sp³-hybridized carbons (Fsp3) is 0.750. The van der Waals surface area contributed by atoms with Crippen LogP contribution in [0.1, 0.15) is 59.3 Å². The Morgan fingerprint density at radius 1 is 0.769 bits per heavy atom. The van der Waals surface area contributed by atoms with Gasteiger partial charge in [-0.25, -0.2) is 4.79 Å². The highest BCUT2D eigenvalue weighted by Crippen LogP contribution is 2.75. The average molecular weight is 364 g/mol. The maximum absolute atomic E-state index is 12.8. The number of aliphatic carboxylic acids is 1. The number of carboxylic acids is 1. The molecule has 4 bridgehead atoms. The smallest absolute Gasteiger partial charge is 0.331 e. The summed E-state index contributed by atoms with van der Waals surface area (Å²) in [4.78, 5) is 37.3. The van der Waals surface area contributed by atoms with Gasteiger partial charge < -0.3 is 14.6 Å². The van der Waals surface area contributed by atoms with E-state index >= 15 is 0 Å². The molecule has 0 aromatic carbocycles. The van der Waals surface area contributed by atoms with E-state index in [1.54, 1.807) is 6.92 Å². The lowest BCUT2D eigenvalue weighted by atomic mass is 9.34. The molecule has 6 nitrogen and oxygen atoms in total. The van der Waals surface area contributed by atoms with Gasteiger partial charge in [-0.15, -0.1) is 0 Å². The van der Waals surface area contributed by atoms with E-state index in [2.05, 4.69) is 6.92 Å². The third kappa shape index (κ3) is 2.41. The molecule has 4 aliphatic carbocycles. The standard InChI is InChI=1S/C20H28O6/c1-12(14(21)22)13(2)18-6-17(3)7-19(9-18,15(23)25-4)11-20(8-17,10-18)16(24)26-5/h6-11H2,1-5H3,(H,21,22). The van der Waals surface area contributed by atoms with Crippen LogP contribution in [-0.2, 0) is 23.9 Å². The first-order valence-electron chi connectivity index (χ1n) is 9.05. The highest BCUT2D eigenvalue weighted by Gasteiger charge is 2.72. The Kier molecular flexibility index (Phi) is 4.06. The molecule has 4 saturated carbocycles. The summed E-state index contributed by atoms with van der Waals surface area (Å²) in [7, 11) is 2.76. The van der Waals surface area contributed by atoms with Crippen LogP contribution >= 0.6 is 0 Å². The lowest BCUT2D eigenvalue weighted by Crippen LogP contribution is -2.65. The zero-order valence-corrected chi connectivity index (χ0v) is 16.2. The molecule has 2 atom stereocenters. The van der Waals surface area contributed by atoms with Gasteiger partial charge in [0.2, 0.25) is 0 Å². The van der Waals surface area contributed by atoms with Crippen LogP contribution in [0, 0.1) is 21.7 Å². The maximum Gasteiger partial charge on any atom is 0.331 e. The molecule has 4 aliphatic rings. The van der Waals surface area contributed by atoms with Crippen LogP contribution in [0.15, 0.2) is 11.1 Å². The second-order valence-corrected chi connectivity index (χ2v) is 9.25. The van der Waals surface area contributed by atoms with Gasteiger partial charge >= 0.3 is 17.9 Å². The third-order valence-corrected chi connectivity index (χ3v) is 7.24. The largest absolute Gasteiger partial charge is 0.478 e. The molecule has 144 valence electrons. The van der Waals surface area contributed by atoms with E-state index in [4.69, 9.17) is 9.47 Å². The number of allylic oxidation sites excluding steroid dienone is 1. The summed E-state index contributed by atoms with van der Waals surface area (Å²) in [6.07, 6.45) is 3.64. The van der Waals surface area contributed by atoms with Gasteiger partial charge in [-0.3, -0.25) is 9.59 Å². The van der Waals surface area contributed by atoms with E-state index in [-0.39, 0.29) is 17.4 Å². The molecule has 2 unspecified atom stereocenters. The van der Waals surface area contributed by atoms with Crippen molar-refractivity contribution in [3.05, 3.63) is 11.1 Å². The van der Waals surface area contributed by atoms with Gasteiger partial charge in [0.25, 0.3) is 0 Å². The Labute approximate surface area is 153 Å². The number of carbonyl (C=O) groups excluding carboxylic acids is 2. The van der Waals surface area contributed by atoms with Gasteiger partial charge in [-0.1, -0.05) is 12.5 Å². The molecule has 0 heterocycles. The topological polar surface area (TPSA) is 89.9 Å². The summed E-state index contributed by atoms with van der Waals surface area (Å²) in [5.74, 6) is -1.54. The van der Waals surface area contributed by atoms with Crippen LogP contribution < -0.4 is 0 Å². The third-order valence-electron chi connectivity index (χ3n) is 7.24. The molecular formula is C20H28O6. The van der Waals surface area contributed by atoms with Crippen molar-refractivity contribution >= 4 is 17.9 Å². The minimum absolute atomic E-state index is 0.225. The van der Waals surface area contributed by atoms with Crippen molar-refractivity contribution in [3.8, 4) is 0 Å². The van der Waals surface area contributed by atoms with Crippen molar-refractivity contribution in [2.24, 2.45) is 21.7 Å². The van der Waals surface area contributed by atoms with E-state index in [1.165, 1.54) is 14.2 Å². The molecule has 0 aromatic rings. The Hall–Kier alpha value is -1.85. The fourth-order valence-corrected chi connectivity index (χ4v) is 6.97. The van der Waals surface area contributed by atoms with Crippen molar-refractivity contribution in [2.75, 3.05) is 14.2 Å². The Morgan fingerprint density at radius 2 is 1.15 bits per heavy atom. The van der Waals surface area contributed by atoms with Crippen LogP contribution in [0.5, 0.6) is 0 Å². The molecular weight excluding hydrogens is 336 g/mol. The highest BCUT2D eigenvalue weighted by molar-refractivity contribution is 5.88. The quantitative estimate of drug-likeness (QED) is 0.609. The zero-order chi connectivity index (χ0) is 19.5. The first-order valence-corrected chi connectivity index (χ1v) is 9.05. The normalized spacial score (nSPS) is 41.4. The van der Waals surface area contributed by atoms with Crippen molar-refractivity contribution < 1.29 is 29.0 Å². The van der Waals surface area contributed by atoms with Gasteiger partial charge in [-0.05, 0) is 63.2 Å². The van der Waals surface area contributed by atoms with Crippen molar-refractivity contribution in [1.29, 1.82) is 0 Å². The fourth-order valence-electron chi connectivity index (χ4n) is 6.97. The lowest BCUT2D eigenvalue weighted by Gasteiger charge is -2.68. The number of methoxy groups -OCH3 is 2. The van der Waals surface area contributed by atoms with E-state index in [0.29, 0.717) is 37.7 Å². The molecule has 4 fully saturated rings. The SMILES string of the molecule is COC(=O)C12CC3(C)CC(C(=O)OC)(C1)CC(C(C)=C(C)C(=O)O)(C3)C2. The second-order valence-electron chi connectivity index (χ2n) is 9.25. The molecule has 0 radical (unpaired) electrons. The minimum atomic E-state index is -0.956. The molecule has 1 N–H and O–H groups in total. The molecule has 0 aliphatic heterocycles. The molecule has 26 heavy (non-hydrogen) atoms. The van der Waals surface area contributed by atoms with Crippen LogP contribution in [-0.4, -0.2) is 37.2 Å². The molecule has 0 amide bonds. The summed E-state index contributed by atoms with van der Waals surface area (Å²) >= 11 is 0. The number of rotatable bonds is 4. The van der Waals surface area contributed by atoms with Gasteiger partial charge in [-0.2, -0.15) is 0 Å². The van der Waals surface area contributed by atoms with Gasteiger partial charge in [0.1, 0.15) is 0 Å². The van der Waals surface area contributed by atoms with Crippen molar-refractivity contribution in [3.63, 3.8) is 0 Å².